The van der Waals surface area contributed by atoms with Gasteiger partial charge in [0.2, 0.25) is 5.91 Å². The van der Waals surface area contributed by atoms with Gasteiger partial charge in [0.15, 0.2) is 0 Å². The van der Waals surface area contributed by atoms with Crippen LogP contribution in [-0.2, 0) is 4.79 Å². The Hall–Kier alpha value is -2.62. The summed E-state index contributed by atoms with van der Waals surface area (Å²) >= 11 is 0. The number of benzene rings is 2. The molecule has 2 heterocycles. The van der Waals surface area contributed by atoms with Crippen LogP contribution in [0.3, 0.4) is 0 Å². The lowest BCUT2D eigenvalue weighted by Gasteiger charge is -2.28. The SMILES string of the molecule is Cc1ccc(C2CCCN2C(=O)C(C)n2cnc3ccccc32)cc1. The summed E-state index contributed by atoms with van der Waals surface area (Å²) in [5.74, 6) is 0.172. The van der Waals surface area contributed by atoms with Gasteiger partial charge in [0.25, 0.3) is 0 Å². The van der Waals surface area contributed by atoms with Crippen LogP contribution < -0.4 is 0 Å². The van der Waals surface area contributed by atoms with E-state index in [0.717, 1.165) is 30.4 Å². The van der Waals surface area contributed by atoms with E-state index < -0.39 is 0 Å². The fourth-order valence-electron chi connectivity index (χ4n) is 3.81. The summed E-state index contributed by atoms with van der Waals surface area (Å²) in [6, 6.07) is 16.5. The van der Waals surface area contributed by atoms with E-state index in [1.807, 2.05) is 40.7 Å². The van der Waals surface area contributed by atoms with Gasteiger partial charge in [0.1, 0.15) is 6.04 Å². The second-order valence-electron chi connectivity index (χ2n) is 6.92. The number of amides is 1. The first-order valence-corrected chi connectivity index (χ1v) is 8.94. The first-order valence-electron chi connectivity index (χ1n) is 8.94. The summed E-state index contributed by atoms with van der Waals surface area (Å²) in [5.41, 5.74) is 4.42. The molecule has 2 unspecified atom stereocenters. The van der Waals surface area contributed by atoms with Gasteiger partial charge < -0.3 is 9.47 Å². The van der Waals surface area contributed by atoms with Crippen molar-refractivity contribution >= 4 is 16.9 Å². The molecule has 128 valence electrons. The van der Waals surface area contributed by atoms with Crippen molar-refractivity contribution in [3.05, 3.63) is 66.0 Å². The third kappa shape index (κ3) is 2.82. The summed E-state index contributed by atoms with van der Waals surface area (Å²) in [6.45, 7) is 4.89. The average Bonchev–Trinajstić information content (AvgIpc) is 3.28. The molecule has 1 aliphatic heterocycles. The summed E-state index contributed by atoms with van der Waals surface area (Å²) in [5, 5.41) is 0. The van der Waals surface area contributed by atoms with E-state index >= 15 is 0 Å². The predicted molar refractivity (Wildman–Crippen MR) is 99.3 cm³/mol. The Kier molecular flexibility index (Phi) is 4.04. The molecule has 4 heteroatoms. The lowest BCUT2D eigenvalue weighted by Crippen LogP contribution is -2.35. The van der Waals surface area contributed by atoms with E-state index in [4.69, 9.17) is 0 Å². The Morgan fingerprint density at radius 1 is 1.16 bits per heavy atom. The van der Waals surface area contributed by atoms with Crippen LogP contribution in [0.1, 0.15) is 43.0 Å². The molecule has 0 aliphatic carbocycles. The van der Waals surface area contributed by atoms with Gasteiger partial charge in [-0.25, -0.2) is 4.98 Å². The molecule has 0 spiro atoms. The maximum Gasteiger partial charge on any atom is 0.245 e. The van der Waals surface area contributed by atoms with Crippen molar-refractivity contribution in [2.75, 3.05) is 6.54 Å². The van der Waals surface area contributed by atoms with Gasteiger partial charge >= 0.3 is 0 Å². The molecule has 0 saturated carbocycles. The summed E-state index contributed by atoms with van der Waals surface area (Å²) in [7, 11) is 0. The van der Waals surface area contributed by atoms with E-state index in [1.165, 1.54) is 11.1 Å². The highest BCUT2D eigenvalue weighted by atomic mass is 16.2. The predicted octanol–water partition coefficient (Wildman–Crippen LogP) is 4.27. The zero-order valence-corrected chi connectivity index (χ0v) is 14.7. The van der Waals surface area contributed by atoms with Crippen molar-refractivity contribution in [2.24, 2.45) is 0 Å². The van der Waals surface area contributed by atoms with Crippen molar-refractivity contribution in [1.82, 2.24) is 14.5 Å². The molecule has 2 atom stereocenters. The molecule has 3 aromatic rings. The van der Waals surface area contributed by atoms with Crippen molar-refractivity contribution < 1.29 is 4.79 Å². The molecule has 25 heavy (non-hydrogen) atoms. The number of imidazole rings is 1. The topological polar surface area (TPSA) is 38.1 Å². The number of aromatic nitrogens is 2. The van der Waals surface area contributed by atoms with Gasteiger partial charge in [0, 0.05) is 6.54 Å². The number of para-hydroxylation sites is 2. The van der Waals surface area contributed by atoms with Crippen LogP contribution >= 0.6 is 0 Å². The molecule has 1 aliphatic rings. The van der Waals surface area contributed by atoms with E-state index in [0.29, 0.717) is 0 Å². The molecular formula is C21H23N3O. The number of nitrogens with zero attached hydrogens (tertiary/aromatic N) is 3. The van der Waals surface area contributed by atoms with Gasteiger partial charge in [-0.2, -0.15) is 0 Å². The molecule has 0 bridgehead atoms. The fraction of sp³-hybridized carbons (Fsp3) is 0.333. The zero-order chi connectivity index (χ0) is 17.4. The minimum atomic E-state index is -0.251. The van der Waals surface area contributed by atoms with Crippen LogP contribution in [0.2, 0.25) is 0 Å². The second-order valence-corrected chi connectivity index (χ2v) is 6.92. The first-order chi connectivity index (χ1) is 12.1. The quantitative estimate of drug-likeness (QED) is 0.718. The Morgan fingerprint density at radius 2 is 1.92 bits per heavy atom. The van der Waals surface area contributed by atoms with Crippen LogP contribution in [0.4, 0.5) is 0 Å². The first kappa shape index (κ1) is 15.9. The molecule has 1 amide bonds. The number of carbonyl (C=O) groups is 1. The third-order valence-corrected chi connectivity index (χ3v) is 5.25. The second kappa shape index (κ2) is 6.36. The van der Waals surface area contributed by atoms with E-state index in [2.05, 4.69) is 36.2 Å². The number of likely N-dealkylation sites (tertiary alicyclic amines) is 1. The van der Waals surface area contributed by atoms with Crippen molar-refractivity contribution in [1.29, 1.82) is 0 Å². The summed E-state index contributed by atoms with van der Waals surface area (Å²) in [6.07, 6.45) is 3.87. The Morgan fingerprint density at radius 3 is 2.72 bits per heavy atom. The zero-order valence-electron chi connectivity index (χ0n) is 14.7. The molecular weight excluding hydrogens is 310 g/mol. The maximum absolute atomic E-state index is 13.2. The Labute approximate surface area is 148 Å². The van der Waals surface area contributed by atoms with E-state index in [9.17, 15) is 4.79 Å². The van der Waals surface area contributed by atoms with Crippen LogP contribution in [-0.4, -0.2) is 26.9 Å². The van der Waals surface area contributed by atoms with E-state index in [1.54, 1.807) is 6.33 Å². The molecule has 0 N–H and O–H groups in total. The average molecular weight is 333 g/mol. The number of aryl methyl sites for hydroxylation is 1. The molecule has 1 saturated heterocycles. The highest BCUT2D eigenvalue weighted by molar-refractivity contribution is 5.84. The lowest BCUT2D eigenvalue weighted by atomic mass is 10.0. The largest absolute Gasteiger partial charge is 0.334 e. The Bertz CT molecular complexity index is 897. The van der Waals surface area contributed by atoms with Crippen LogP contribution in [0.15, 0.2) is 54.9 Å². The van der Waals surface area contributed by atoms with Gasteiger partial charge in [-0.15, -0.1) is 0 Å². The smallest absolute Gasteiger partial charge is 0.245 e. The van der Waals surface area contributed by atoms with Crippen molar-refractivity contribution in [2.45, 2.75) is 38.8 Å². The summed E-state index contributed by atoms with van der Waals surface area (Å²) < 4.78 is 1.99. The van der Waals surface area contributed by atoms with Crippen molar-refractivity contribution in [3.8, 4) is 0 Å². The monoisotopic (exact) mass is 333 g/mol. The van der Waals surface area contributed by atoms with Gasteiger partial charge in [0.05, 0.1) is 23.4 Å². The molecule has 1 aromatic heterocycles. The minimum absolute atomic E-state index is 0.172. The van der Waals surface area contributed by atoms with Crippen LogP contribution in [0.5, 0.6) is 0 Å². The normalized spacial score (nSPS) is 18.6. The summed E-state index contributed by atoms with van der Waals surface area (Å²) in [4.78, 5) is 19.7. The van der Waals surface area contributed by atoms with Gasteiger partial charge in [-0.3, -0.25) is 4.79 Å². The fourth-order valence-corrected chi connectivity index (χ4v) is 3.81. The minimum Gasteiger partial charge on any atom is -0.334 e. The number of hydrogen-bond donors (Lipinski definition) is 0. The lowest BCUT2D eigenvalue weighted by molar-refractivity contribution is -0.135. The highest BCUT2D eigenvalue weighted by Gasteiger charge is 2.33. The highest BCUT2D eigenvalue weighted by Crippen LogP contribution is 2.34. The van der Waals surface area contributed by atoms with Crippen molar-refractivity contribution in [3.63, 3.8) is 0 Å². The molecule has 0 radical (unpaired) electrons. The van der Waals surface area contributed by atoms with Gasteiger partial charge in [-0.1, -0.05) is 42.0 Å². The standard InChI is InChI=1S/C21H23N3O/c1-15-9-11-17(12-10-15)19-8-5-13-23(19)21(25)16(2)24-14-22-18-6-3-4-7-20(18)24/h3-4,6-7,9-12,14,16,19H,5,8,13H2,1-2H3. The third-order valence-electron chi connectivity index (χ3n) is 5.25. The Balaban J connectivity index is 1.61. The molecule has 4 rings (SSSR count). The molecule has 2 aromatic carbocycles. The number of carbonyl (C=O) groups excluding carboxylic acids is 1. The maximum atomic E-state index is 13.2. The molecule has 4 nitrogen and oxygen atoms in total. The van der Waals surface area contributed by atoms with E-state index in [-0.39, 0.29) is 18.0 Å². The van der Waals surface area contributed by atoms with Gasteiger partial charge in [-0.05, 0) is 44.4 Å². The van der Waals surface area contributed by atoms with Crippen LogP contribution in [0.25, 0.3) is 11.0 Å². The number of fused-ring (bicyclic) bond motifs is 1. The number of hydrogen-bond acceptors (Lipinski definition) is 2. The molecule has 1 fully saturated rings. The number of rotatable bonds is 3. The van der Waals surface area contributed by atoms with Crippen LogP contribution in [0, 0.1) is 6.92 Å².